The van der Waals surface area contributed by atoms with Gasteiger partial charge in [0.05, 0.1) is 7.11 Å². The monoisotopic (exact) mass is 506 g/mol. The first-order chi connectivity index (χ1) is 15.0. The molecule has 3 rings (SSSR count). The van der Waals surface area contributed by atoms with Crippen molar-refractivity contribution in [2.24, 2.45) is 0 Å². The number of nitrogens with one attached hydrogen (secondary N) is 1. The quantitative estimate of drug-likeness (QED) is 0.499. The summed E-state index contributed by atoms with van der Waals surface area (Å²) in [6.45, 7) is 0.269. The number of alkyl halides is 1. The van der Waals surface area contributed by atoms with Crippen molar-refractivity contribution in [1.29, 1.82) is 0 Å². The molecule has 1 fully saturated rings. The first kappa shape index (κ1) is 23.6. The number of hydrogen-bond acceptors (Lipinski definition) is 3. The minimum Gasteiger partial charge on any atom is -0.497 e. The zero-order valence-electron chi connectivity index (χ0n) is 17.7. The minimum atomic E-state index is -0.771. The predicted octanol–water partition coefficient (Wildman–Crippen LogP) is 5.22. The van der Waals surface area contributed by atoms with Gasteiger partial charge in [-0.25, -0.2) is 0 Å². The topological polar surface area (TPSA) is 58.6 Å². The third kappa shape index (κ3) is 6.47. The van der Waals surface area contributed by atoms with E-state index in [9.17, 15) is 9.59 Å². The third-order valence-corrected chi connectivity index (χ3v) is 6.34. The van der Waals surface area contributed by atoms with Gasteiger partial charge >= 0.3 is 0 Å². The number of rotatable bonds is 8. The Morgan fingerprint density at radius 1 is 1.16 bits per heavy atom. The molecular formula is C24H28BrClN2O3. The van der Waals surface area contributed by atoms with E-state index >= 15 is 0 Å². The van der Waals surface area contributed by atoms with Gasteiger partial charge in [0, 0.05) is 17.1 Å². The van der Waals surface area contributed by atoms with E-state index in [2.05, 4.69) is 21.2 Å². The highest BCUT2D eigenvalue weighted by Crippen LogP contribution is 2.28. The molecular weight excluding hydrogens is 480 g/mol. The standard InChI is InChI=1S/C24H28BrClN2O3/c1-31-21-12-10-17(11-13-21)16-28(22(29)15-26)23(18-6-5-7-19(25)14-18)24(30)27-20-8-3-2-4-9-20/h5-7,10-14,20,23H,2-4,8-9,15-16H2,1H3,(H,27,30). The molecule has 1 N–H and O–H groups in total. The summed E-state index contributed by atoms with van der Waals surface area (Å²) >= 11 is 9.46. The van der Waals surface area contributed by atoms with E-state index in [0.29, 0.717) is 0 Å². The number of methoxy groups -OCH3 is 1. The molecule has 2 aromatic rings. The SMILES string of the molecule is COc1ccc(CN(C(=O)CCl)C(C(=O)NC2CCCCC2)c2cccc(Br)c2)cc1. The lowest BCUT2D eigenvalue weighted by molar-refractivity contribution is -0.140. The molecule has 0 aromatic heterocycles. The average molecular weight is 508 g/mol. The minimum absolute atomic E-state index is 0.143. The number of hydrogen-bond donors (Lipinski definition) is 1. The van der Waals surface area contributed by atoms with Crippen molar-refractivity contribution >= 4 is 39.3 Å². The fraction of sp³-hybridized carbons (Fsp3) is 0.417. The number of ether oxygens (including phenoxy) is 1. The van der Waals surface area contributed by atoms with Crippen LogP contribution in [0.15, 0.2) is 53.0 Å². The molecule has 0 spiro atoms. The molecule has 1 aliphatic carbocycles. The van der Waals surface area contributed by atoms with E-state index in [4.69, 9.17) is 16.3 Å². The lowest BCUT2D eigenvalue weighted by Crippen LogP contribution is -2.47. The number of benzene rings is 2. The molecule has 0 radical (unpaired) electrons. The second kappa shape index (κ2) is 11.5. The molecule has 0 saturated heterocycles. The van der Waals surface area contributed by atoms with E-state index in [-0.39, 0.29) is 30.3 Å². The van der Waals surface area contributed by atoms with Crippen LogP contribution in [0.25, 0.3) is 0 Å². The maximum atomic E-state index is 13.5. The Hall–Kier alpha value is -2.05. The van der Waals surface area contributed by atoms with Crippen LogP contribution in [0.4, 0.5) is 0 Å². The van der Waals surface area contributed by atoms with Crippen LogP contribution in [0, 0.1) is 0 Å². The summed E-state index contributed by atoms with van der Waals surface area (Å²) in [4.78, 5) is 28.0. The first-order valence-electron chi connectivity index (χ1n) is 10.6. The zero-order chi connectivity index (χ0) is 22.2. The van der Waals surface area contributed by atoms with Gasteiger partial charge in [-0.15, -0.1) is 11.6 Å². The molecule has 0 aliphatic heterocycles. The average Bonchev–Trinajstić information content (AvgIpc) is 2.79. The Morgan fingerprint density at radius 2 is 1.87 bits per heavy atom. The number of nitrogens with zero attached hydrogens (tertiary/aromatic N) is 1. The van der Waals surface area contributed by atoms with E-state index in [1.807, 2.05) is 48.5 Å². The van der Waals surface area contributed by atoms with E-state index in [0.717, 1.165) is 47.0 Å². The maximum absolute atomic E-state index is 13.5. The Kier molecular flexibility index (Phi) is 8.79. The molecule has 1 aliphatic rings. The molecule has 166 valence electrons. The van der Waals surface area contributed by atoms with Gasteiger partial charge in [-0.05, 0) is 48.2 Å². The summed E-state index contributed by atoms with van der Waals surface area (Å²) in [6.07, 6.45) is 5.37. The van der Waals surface area contributed by atoms with Crippen LogP contribution in [0.1, 0.15) is 49.3 Å². The van der Waals surface area contributed by atoms with Crippen LogP contribution in [-0.4, -0.2) is 35.7 Å². The van der Waals surface area contributed by atoms with Crippen LogP contribution in [0.3, 0.4) is 0 Å². The van der Waals surface area contributed by atoms with Gasteiger partial charge in [-0.1, -0.05) is 59.5 Å². The van der Waals surface area contributed by atoms with Gasteiger partial charge in [0.15, 0.2) is 0 Å². The predicted molar refractivity (Wildman–Crippen MR) is 126 cm³/mol. The van der Waals surface area contributed by atoms with Crippen LogP contribution in [-0.2, 0) is 16.1 Å². The van der Waals surface area contributed by atoms with Crippen molar-refractivity contribution in [2.75, 3.05) is 13.0 Å². The van der Waals surface area contributed by atoms with Crippen molar-refractivity contribution in [3.05, 3.63) is 64.1 Å². The molecule has 31 heavy (non-hydrogen) atoms. The summed E-state index contributed by atoms with van der Waals surface area (Å²) < 4.78 is 6.07. The first-order valence-corrected chi connectivity index (χ1v) is 11.9. The highest BCUT2D eigenvalue weighted by Gasteiger charge is 2.32. The normalized spacial score (nSPS) is 15.2. The van der Waals surface area contributed by atoms with E-state index < -0.39 is 6.04 Å². The Balaban J connectivity index is 1.93. The van der Waals surface area contributed by atoms with Gasteiger partial charge in [0.2, 0.25) is 11.8 Å². The molecule has 5 nitrogen and oxygen atoms in total. The largest absolute Gasteiger partial charge is 0.497 e. The summed E-state index contributed by atoms with van der Waals surface area (Å²) in [6, 6.07) is 14.4. The maximum Gasteiger partial charge on any atom is 0.247 e. The second-order valence-corrected chi connectivity index (χ2v) is 8.99. The van der Waals surface area contributed by atoms with Gasteiger partial charge in [0.1, 0.15) is 17.7 Å². The van der Waals surface area contributed by atoms with Gasteiger partial charge in [-0.2, -0.15) is 0 Å². The zero-order valence-corrected chi connectivity index (χ0v) is 20.0. The van der Waals surface area contributed by atoms with Crippen molar-refractivity contribution in [3.8, 4) is 5.75 Å². The fourth-order valence-electron chi connectivity index (χ4n) is 4.00. The number of halogens is 2. The summed E-state index contributed by atoms with van der Waals surface area (Å²) in [5.41, 5.74) is 1.64. The van der Waals surface area contributed by atoms with Crippen LogP contribution in [0.2, 0.25) is 0 Å². The lowest BCUT2D eigenvalue weighted by atomic mass is 9.94. The Morgan fingerprint density at radius 3 is 2.48 bits per heavy atom. The lowest BCUT2D eigenvalue weighted by Gasteiger charge is -2.33. The van der Waals surface area contributed by atoms with Crippen LogP contribution >= 0.6 is 27.5 Å². The van der Waals surface area contributed by atoms with Gasteiger partial charge in [-0.3, -0.25) is 9.59 Å². The molecule has 1 atom stereocenters. The van der Waals surface area contributed by atoms with E-state index in [1.54, 1.807) is 12.0 Å². The number of amides is 2. The molecule has 1 saturated carbocycles. The van der Waals surface area contributed by atoms with Crippen LogP contribution < -0.4 is 10.1 Å². The fourth-order valence-corrected chi connectivity index (χ4v) is 4.57. The summed E-state index contributed by atoms with van der Waals surface area (Å²) in [5.74, 6) is 0.0768. The van der Waals surface area contributed by atoms with Crippen molar-refractivity contribution in [3.63, 3.8) is 0 Å². The van der Waals surface area contributed by atoms with E-state index in [1.165, 1.54) is 6.42 Å². The highest BCUT2D eigenvalue weighted by atomic mass is 79.9. The molecule has 2 aromatic carbocycles. The Bertz CT molecular complexity index is 885. The van der Waals surface area contributed by atoms with Gasteiger partial charge in [0.25, 0.3) is 0 Å². The molecule has 0 bridgehead atoms. The van der Waals surface area contributed by atoms with Crippen LogP contribution in [0.5, 0.6) is 5.75 Å². The number of carbonyl (C=O) groups is 2. The molecule has 7 heteroatoms. The number of carbonyl (C=O) groups excluding carboxylic acids is 2. The third-order valence-electron chi connectivity index (χ3n) is 5.62. The molecule has 1 unspecified atom stereocenters. The molecule has 2 amide bonds. The Labute approximate surface area is 197 Å². The summed E-state index contributed by atoms with van der Waals surface area (Å²) in [5, 5.41) is 3.19. The second-order valence-electron chi connectivity index (χ2n) is 7.80. The summed E-state index contributed by atoms with van der Waals surface area (Å²) in [7, 11) is 1.61. The van der Waals surface area contributed by atoms with Crippen molar-refractivity contribution < 1.29 is 14.3 Å². The van der Waals surface area contributed by atoms with Crippen molar-refractivity contribution in [1.82, 2.24) is 10.2 Å². The molecule has 0 heterocycles. The smallest absolute Gasteiger partial charge is 0.247 e. The van der Waals surface area contributed by atoms with Crippen molar-refractivity contribution in [2.45, 2.75) is 50.7 Å². The van der Waals surface area contributed by atoms with Gasteiger partial charge < -0.3 is 15.0 Å². The highest BCUT2D eigenvalue weighted by molar-refractivity contribution is 9.10.